The predicted octanol–water partition coefficient (Wildman–Crippen LogP) is 13.5. The Kier molecular flexibility index (Phi) is 6.60. The van der Waals surface area contributed by atoms with Crippen molar-refractivity contribution in [1.82, 2.24) is 19.1 Å². The highest BCUT2D eigenvalue weighted by Gasteiger charge is 2.20. The smallest absolute Gasteiger partial charge is 0.235 e. The first-order valence-corrected chi connectivity index (χ1v) is 19.1. The second-order valence-corrected chi connectivity index (χ2v) is 14.6. The lowest BCUT2D eigenvalue weighted by molar-refractivity contribution is 1.01. The monoisotopic (exact) mass is 712 g/mol. The number of benzene rings is 9. The zero-order valence-electron chi connectivity index (χ0n) is 30.3. The molecule has 4 heteroatoms. The number of aromatic nitrogens is 4. The Morgan fingerprint density at radius 2 is 0.946 bits per heavy atom. The fourth-order valence-corrected chi connectivity index (χ4v) is 8.91. The van der Waals surface area contributed by atoms with Gasteiger partial charge in [0.25, 0.3) is 0 Å². The van der Waals surface area contributed by atoms with Crippen LogP contribution in [0.3, 0.4) is 0 Å². The summed E-state index contributed by atoms with van der Waals surface area (Å²) < 4.78 is 4.64. The molecular weight excluding hydrogens is 681 g/mol. The van der Waals surface area contributed by atoms with Crippen molar-refractivity contribution in [3.8, 4) is 34.0 Å². The van der Waals surface area contributed by atoms with Gasteiger partial charge in [0.1, 0.15) is 0 Å². The molecule has 0 saturated heterocycles. The highest BCUT2D eigenvalue weighted by atomic mass is 15.2. The third-order valence-electron chi connectivity index (χ3n) is 11.5. The Balaban J connectivity index is 1.14. The Morgan fingerprint density at radius 1 is 0.321 bits per heavy atom. The fraction of sp³-hybridized carbons (Fsp3) is 0. The van der Waals surface area contributed by atoms with Gasteiger partial charge >= 0.3 is 0 Å². The molecule has 4 nitrogen and oxygen atoms in total. The van der Waals surface area contributed by atoms with Gasteiger partial charge in [-0.3, -0.25) is 4.57 Å². The summed E-state index contributed by atoms with van der Waals surface area (Å²) in [6.45, 7) is 0. The van der Waals surface area contributed by atoms with Gasteiger partial charge in [-0.1, -0.05) is 133 Å². The lowest BCUT2D eigenvalue weighted by atomic mass is 9.98. The van der Waals surface area contributed by atoms with Crippen LogP contribution in [0.4, 0.5) is 0 Å². The average Bonchev–Trinajstić information content (AvgIpc) is 3.78. The van der Waals surface area contributed by atoms with E-state index in [2.05, 4.69) is 203 Å². The molecule has 0 atom stereocenters. The number of hydrogen-bond acceptors (Lipinski definition) is 2. The van der Waals surface area contributed by atoms with Crippen LogP contribution in [0.25, 0.3) is 110 Å². The molecule has 0 aliphatic heterocycles. The minimum atomic E-state index is 0.653. The van der Waals surface area contributed by atoms with Crippen LogP contribution in [0.2, 0.25) is 0 Å². The summed E-state index contributed by atoms with van der Waals surface area (Å²) in [7, 11) is 0. The van der Waals surface area contributed by atoms with Crippen molar-refractivity contribution >= 4 is 76.1 Å². The summed E-state index contributed by atoms with van der Waals surface area (Å²) in [5.74, 6) is 0.653. The summed E-state index contributed by atoms with van der Waals surface area (Å²) in [5.41, 5.74) is 10.9. The third kappa shape index (κ3) is 4.60. The van der Waals surface area contributed by atoms with E-state index in [0.717, 1.165) is 38.9 Å². The quantitative estimate of drug-likeness (QED) is 0.182. The van der Waals surface area contributed by atoms with Crippen LogP contribution in [0.1, 0.15) is 0 Å². The van der Waals surface area contributed by atoms with E-state index in [1.54, 1.807) is 0 Å². The topological polar surface area (TPSA) is 35.6 Å². The molecule has 0 aliphatic carbocycles. The van der Waals surface area contributed by atoms with Crippen molar-refractivity contribution < 1.29 is 0 Å². The van der Waals surface area contributed by atoms with Crippen LogP contribution in [-0.4, -0.2) is 19.1 Å². The standard InChI is InChI=1S/C52H32N4/c1-3-13-33(14-4-1)37-26-27-47-43(30-37)44-29-35-15-7-8-16-36(35)32-49(44)56(47)52-53-45-21-11-9-19-40(45)51(54-52)38-24-23-34-25-28-48-50(42(34)31-38)41-20-10-12-22-46(41)55(48)39-17-5-2-6-18-39/h1-32H. The SMILES string of the molecule is c1ccc(-c2ccc3c(c2)c2cc4ccccc4cc2n3-c2nc(-c3ccc4ccc5c(c4c3)c3ccccc3n5-c3ccccc3)c3ccccc3n2)cc1. The van der Waals surface area contributed by atoms with Crippen molar-refractivity contribution in [2.24, 2.45) is 0 Å². The van der Waals surface area contributed by atoms with Crippen molar-refractivity contribution in [2.45, 2.75) is 0 Å². The van der Waals surface area contributed by atoms with Crippen molar-refractivity contribution in [3.05, 3.63) is 194 Å². The van der Waals surface area contributed by atoms with Crippen LogP contribution in [0.15, 0.2) is 194 Å². The molecule has 9 aromatic carbocycles. The molecule has 0 fully saturated rings. The van der Waals surface area contributed by atoms with Crippen LogP contribution >= 0.6 is 0 Å². The molecule has 3 aromatic heterocycles. The van der Waals surface area contributed by atoms with Crippen LogP contribution in [0, 0.1) is 0 Å². The van der Waals surface area contributed by atoms with E-state index in [0.29, 0.717) is 5.95 Å². The number of rotatable bonds is 4. The molecule has 3 heterocycles. The van der Waals surface area contributed by atoms with Crippen molar-refractivity contribution in [1.29, 1.82) is 0 Å². The van der Waals surface area contributed by atoms with Gasteiger partial charge in [-0.2, -0.15) is 0 Å². The van der Waals surface area contributed by atoms with Crippen molar-refractivity contribution in [3.63, 3.8) is 0 Å². The largest absolute Gasteiger partial charge is 0.309 e. The van der Waals surface area contributed by atoms with E-state index in [9.17, 15) is 0 Å². The summed E-state index contributed by atoms with van der Waals surface area (Å²) in [6.07, 6.45) is 0. The summed E-state index contributed by atoms with van der Waals surface area (Å²) in [4.78, 5) is 10.8. The minimum absolute atomic E-state index is 0.653. The summed E-state index contributed by atoms with van der Waals surface area (Å²) in [6, 6.07) is 69.7. The van der Waals surface area contributed by atoms with Gasteiger partial charge in [0, 0.05) is 38.2 Å². The van der Waals surface area contributed by atoms with Crippen LogP contribution < -0.4 is 0 Å². The van der Waals surface area contributed by atoms with Gasteiger partial charge in [0.15, 0.2) is 0 Å². The normalized spacial score (nSPS) is 11.9. The van der Waals surface area contributed by atoms with E-state index >= 15 is 0 Å². The van der Waals surface area contributed by atoms with E-state index in [1.807, 2.05) is 0 Å². The molecule has 0 radical (unpaired) electrons. The predicted molar refractivity (Wildman–Crippen MR) is 234 cm³/mol. The lowest BCUT2D eigenvalue weighted by Gasteiger charge is -2.13. The highest BCUT2D eigenvalue weighted by molar-refractivity contribution is 6.22. The van der Waals surface area contributed by atoms with Gasteiger partial charge in [0.2, 0.25) is 5.95 Å². The maximum atomic E-state index is 5.52. The van der Waals surface area contributed by atoms with Gasteiger partial charge in [-0.05, 0) is 93.3 Å². The average molecular weight is 713 g/mol. The summed E-state index contributed by atoms with van der Waals surface area (Å²) >= 11 is 0. The Morgan fingerprint density at radius 3 is 1.80 bits per heavy atom. The minimum Gasteiger partial charge on any atom is -0.309 e. The van der Waals surface area contributed by atoms with E-state index in [4.69, 9.17) is 9.97 Å². The van der Waals surface area contributed by atoms with E-state index in [-0.39, 0.29) is 0 Å². The molecule has 0 amide bonds. The molecule has 12 aromatic rings. The maximum absolute atomic E-state index is 5.52. The second-order valence-electron chi connectivity index (χ2n) is 14.6. The molecular formula is C52H32N4. The first-order chi connectivity index (χ1) is 27.8. The zero-order valence-corrected chi connectivity index (χ0v) is 30.3. The molecule has 0 spiro atoms. The first kappa shape index (κ1) is 30.9. The molecule has 0 unspecified atom stereocenters. The number of hydrogen-bond donors (Lipinski definition) is 0. The number of fused-ring (bicyclic) bond motifs is 10. The lowest BCUT2D eigenvalue weighted by Crippen LogP contribution is -2.03. The second kappa shape index (κ2) is 12.0. The zero-order chi connectivity index (χ0) is 36.7. The molecule has 0 aliphatic rings. The molecule has 0 saturated carbocycles. The third-order valence-corrected chi connectivity index (χ3v) is 11.5. The highest BCUT2D eigenvalue weighted by Crippen LogP contribution is 2.41. The molecule has 56 heavy (non-hydrogen) atoms. The first-order valence-electron chi connectivity index (χ1n) is 19.1. The van der Waals surface area contributed by atoms with Gasteiger partial charge in [-0.25, -0.2) is 9.97 Å². The Bertz CT molecular complexity index is 3520. The van der Waals surface area contributed by atoms with E-state index in [1.165, 1.54) is 65.3 Å². The number of para-hydroxylation sites is 3. The summed E-state index contributed by atoms with van der Waals surface area (Å²) in [5, 5.41) is 10.6. The Hall–Kier alpha value is -7.56. The van der Waals surface area contributed by atoms with Gasteiger partial charge < -0.3 is 4.57 Å². The van der Waals surface area contributed by atoms with Crippen LogP contribution in [-0.2, 0) is 0 Å². The fourth-order valence-electron chi connectivity index (χ4n) is 8.91. The van der Waals surface area contributed by atoms with Crippen LogP contribution in [0.5, 0.6) is 0 Å². The Labute approximate surface area is 322 Å². The molecule has 12 rings (SSSR count). The molecule has 260 valence electrons. The van der Waals surface area contributed by atoms with Crippen molar-refractivity contribution in [2.75, 3.05) is 0 Å². The van der Waals surface area contributed by atoms with Gasteiger partial charge in [-0.15, -0.1) is 0 Å². The molecule has 0 N–H and O–H groups in total. The molecule has 0 bridgehead atoms. The van der Waals surface area contributed by atoms with E-state index < -0.39 is 0 Å². The van der Waals surface area contributed by atoms with Gasteiger partial charge in [0.05, 0.1) is 33.3 Å². The maximum Gasteiger partial charge on any atom is 0.235 e. The number of nitrogens with zero attached hydrogens (tertiary/aromatic N) is 4.